The van der Waals surface area contributed by atoms with Gasteiger partial charge in [-0.25, -0.2) is 13.4 Å². The molecule has 1 saturated heterocycles. The molecule has 0 radical (unpaired) electrons. The minimum Gasteiger partial charge on any atom is -0.258 e. The summed E-state index contributed by atoms with van der Waals surface area (Å²) in [6.45, 7) is 1.10. The van der Waals surface area contributed by atoms with Gasteiger partial charge in [-0.2, -0.15) is 4.31 Å². The Hall–Kier alpha value is -1.97. The number of hydrogen-bond donors (Lipinski definition) is 0. The zero-order valence-corrected chi connectivity index (χ0v) is 15.7. The lowest BCUT2D eigenvalue weighted by Crippen LogP contribution is -2.35. The fourth-order valence-electron chi connectivity index (χ4n) is 2.82. The molecule has 0 bridgehead atoms. The monoisotopic (exact) mass is 393 g/mol. The number of hydrogen-bond acceptors (Lipinski definition) is 6. The fraction of sp³-hybridized carbons (Fsp3) is 0.353. The fourth-order valence-corrected chi connectivity index (χ4v) is 5.12. The Balaban J connectivity index is 1.69. The van der Waals surface area contributed by atoms with Crippen LogP contribution in [0.4, 0.5) is 5.69 Å². The molecule has 1 aromatic heterocycles. The molecular weight excluding hydrogens is 374 g/mol. The summed E-state index contributed by atoms with van der Waals surface area (Å²) in [7, 11) is -3.49. The summed E-state index contributed by atoms with van der Waals surface area (Å²) < 4.78 is 26.7. The van der Waals surface area contributed by atoms with Crippen molar-refractivity contribution in [1.29, 1.82) is 0 Å². The lowest BCUT2D eigenvalue weighted by molar-refractivity contribution is -0.385. The predicted molar refractivity (Wildman–Crippen MR) is 99.5 cm³/mol. The summed E-state index contributed by atoms with van der Waals surface area (Å²) >= 11 is 1.34. The third-order valence-electron chi connectivity index (χ3n) is 4.23. The van der Waals surface area contributed by atoms with Gasteiger partial charge in [-0.3, -0.25) is 10.1 Å². The van der Waals surface area contributed by atoms with Crippen LogP contribution in [0.2, 0.25) is 0 Å². The molecular formula is C17H19N3O4S2. The van der Waals surface area contributed by atoms with Crippen molar-refractivity contribution in [1.82, 2.24) is 9.29 Å². The van der Waals surface area contributed by atoms with Crippen LogP contribution in [0.3, 0.4) is 0 Å². The van der Waals surface area contributed by atoms with Crippen molar-refractivity contribution in [2.45, 2.75) is 34.9 Å². The number of para-hydroxylation sites is 1. The van der Waals surface area contributed by atoms with Gasteiger partial charge in [0.25, 0.3) is 5.69 Å². The van der Waals surface area contributed by atoms with E-state index < -0.39 is 14.9 Å². The first-order chi connectivity index (χ1) is 12.5. The van der Waals surface area contributed by atoms with Crippen LogP contribution in [-0.2, 0) is 15.8 Å². The smallest absolute Gasteiger partial charge is 0.258 e. The van der Waals surface area contributed by atoms with Gasteiger partial charge in [0, 0.05) is 36.7 Å². The first-order valence-corrected chi connectivity index (χ1v) is 10.7. The Morgan fingerprint density at radius 2 is 1.85 bits per heavy atom. The van der Waals surface area contributed by atoms with E-state index in [-0.39, 0.29) is 10.6 Å². The normalized spacial score (nSPS) is 15.7. The van der Waals surface area contributed by atoms with Crippen molar-refractivity contribution in [3.8, 4) is 0 Å². The highest BCUT2D eigenvalue weighted by Crippen LogP contribution is 2.28. The van der Waals surface area contributed by atoms with E-state index in [2.05, 4.69) is 4.98 Å². The van der Waals surface area contributed by atoms with Crippen LogP contribution >= 0.6 is 11.8 Å². The second-order valence-corrected chi connectivity index (χ2v) is 8.90. The number of nitro benzene ring substituents is 1. The average molecular weight is 393 g/mol. The molecule has 0 atom stereocenters. The second kappa shape index (κ2) is 8.15. The number of sulfonamides is 1. The summed E-state index contributed by atoms with van der Waals surface area (Å²) in [6, 6.07) is 9.77. The number of thioether (sulfide) groups is 1. The first kappa shape index (κ1) is 18.8. The number of piperidine rings is 1. The predicted octanol–water partition coefficient (Wildman–Crippen LogP) is 3.46. The highest BCUT2D eigenvalue weighted by atomic mass is 32.2. The van der Waals surface area contributed by atoms with Crippen LogP contribution < -0.4 is 0 Å². The van der Waals surface area contributed by atoms with E-state index in [0.29, 0.717) is 29.4 Å². The van der Waals surface area contributed by atoms with Crippen molar-refractivity contribution in [2.24, 2.45) is 0 Å². The quantitative estimate of drug-likeness (QED) is 0.424. The molecule has 138 valence electrons. The van der Waals surface area contributed by atoms with E-state index in [1.807, 2.05) is 0 Å². The van der Waals surface area contributed by atoms with Crippen molar-refractivity contribution in [2.75, 3.05) is 13.1 Å². The molecule has 9 heteroatoms. The van der Waals surface area contributed by atoms with Crippen molar-refractivity contribution < 1.29 is 13.3 Å². The molecule has 3 rings (SSSR count). The van der Waals surface area contributed by atoms with E-state index in [4.69, 9.17) is 0 Å². The van der Waals surface area contributed by atoms with Crippen LogP contribution in [0, 0.1) is 10.1 Å². The Labute approximate surface area is 156 Å². The summed E-state index contributed by atoms with van der Waals surface area (Å²) in [5, 5.41) is 11.7. The number of nitrogens with zero attached hydrogens (tertiary/aromatic N) is 3. The molecule has 1 aliphatic heterocycles. The Morgan fingerprint density at radius 3 is 2.50 bits per heavy atom. The van der Waals surface area contributed by atoms with Gasteiger partial charge in [-0.05, 0) is 25.0 Å². The van der Waals surface area contributed by atoms with Crippen LogP contribution in [0.1, 0.15) is 24.8 Å². The Morgan fingerprint density at radius 1 is 1.12 bits per heavy atom. The number of benzene rings is 1. The third kappa shape index (κ3) is 4.22. The SMILES string of the molecule is O=[N+]([O-])c1ccccc1CSc1ccc(S(=O)(=O)N2CCCCC2)cn1. The third-order valence-corrected chi connectivity index (χ3v) is 7.10. The number of pyridine rings is 1. The molecule has 0 N–H and O–H groups in total. The maximum absolute atomic E-state index is 12.6. The number of rotatable bonds is 6. The first-order valence-electron chi connectivity index (χ1n) is 8.30. The van der Waals surface area contributed by atoms with Crippen LogP contribution in [-0.4, -0.2) is 35.7 Å². The van der Waals surface area contributed by atoms with E-state index in [1.165, 1.54) is 28.3 Å². The average Bonchev–Trinajstić information content (AvgIpc) is 2.67. The summed E-state index contributed by atoms with van der Waals surface area (Å²) in [6.07, 6.45) is 4.20. The summed E-state index contributed by atoms with van der Waals surface area (Å²) in [5.41, 5.74) is 0.679. The minimum atomic E-state index is -3.49. The maximum atomic E-state index is 12.6. The topological polar surface area (TPSA) is 93.4 Å². The lowest BCUT2D eigenvalue weighted by atomic mass is 10.2. The zero-order chi connectivity index (χ0) is 18.6. The molecule has 26 heavy (non-hydrogen) atoms. The van der Waals surface area contributed by atoms with Crippen molar-refractivity contribution in [3.05, 3.63) is 58.3 Å². The summed E-state index contributed by atoms with van der Waals surface area (Å²) in [4.78, 5) is 15.0. The number of aromatic nitrogens is 1. The molecule has 0 spiro atoms. The van der Waals surface area contributed by atoms with Gasteiger partial charge in [-0.1, -0.05) is 24.6 Å². The zero-order valence-electron chi connectivity index (χ0n) is 14.1. The molecule has 2 aromatic rings. The molecule has 0 unspecified atom stereocenters. The van der Waals surface area contributed by atoms with Gasteiger partial charge in [0.1, 0.15) is 4.90 Å². The minimum absolute atomic E-state index is 0.0734. The van der Waals surface area contributed by atoms with Crippen molar-refractivity contribution >= 4 is 27.5 Å². The molecule has 1 aliphatic rings. The van der Waals surface area contributed by atoms with Crippen molar-refractivity contribution in [3.63, 3.8) is 0 Å². The van der Waals surface area contributed by atoms with E-state index in [1.54, 1.807) is 30.3 Å². The van der Waals surface area contributed by atoms with Gasteiger partial charge in [0.2, 0.25) is 10.0 Å². The Kier molecular flexibility index (Phi) is 5.90. The molecule has 0 amide bonds. The van der Waals surface area contributed by atoms with E-state index in [9.17, 15) is 18.5 Å². The molecule has 0 saturated carbocycles. The van der Waals surface area contributed by atoms with E-state index in [0.717, 1.165) is 19.3 Å². The second-order valence-electron chi connectivity index (χ2n) is 5.97. The molecule has 0 aliphatic carbocycles. The van der Waals surface area contributed by atoms with Gasteiger partial charge >= 0.3 is 0 Å². The molecule has 2 heterocycles. The summed E-state index contributed by atoms with van der Waals surface area (Å²) in [5.74, 6) is 0.391. The molecule has 1 fully saturated rings. The van der Waals surface area contributed by atoms with Gasteiger partial charge in [0.15, 0.2) is 0 Å². The maximum Gasteiger partial charge on any atom is 0.273 e. The van der Waals surface area contributed by atoms with E-state index >= 15 is 0 Å². The standard InChI is InChI=1S/C17H19N3O4S2/c21-20(22)16-7-3-2-6-14(16)13-25-17-9-8-15(12-18-17)26(23,24)19-10-4-1-5-11-19/h2-3,6-9,12H,1,4-5,10-11,13H2. The van der Waals surface area contributed by atoms with Gasteiger partial charge in [0.05, 0.1) is 9.95 Å². The van der Waals surface area contributed by atoms with Crippen LogP contribution in [0.15, 0.2) is 52.5 Å². The van der Waals surface area contributed by atoms with Gasteiger partial charge in [-0.15, -0.1) is 11.8 Å². The highest BCUT2D eigenvalue weighted by Gasteiger charge is 2.26. The van der Waals surface area contributed by atoms with Gasteiger partial charge < -0.3 is 0 Å². The Bertz CT molecular complexity index is 879. The van der Waals surface area contributed by atoms with Crippen LogP contribution in [0.25, 0.3) is 0 Å². The highest BCUT2D eigenvalue weighted by molar-refractivity contribution is 7.98. The van der Waals surface area contributed by atoms with Crippen LogP contribution in [0.5, 0.6) is 0 Å². The number of nitro groups is 1. The molecule has 1 aromatic carbocycles. The molecule has 7 nitrogen and oxygen atoms in total. The lowest BCUT2D eigenvalue weighted by Gasteiger charge is -2.25. The largest absolute Gasteiger partial charge is 0.273 e.